The first-order valence-electron chi connectivity index (χ1n) is 6.60. The molecule has 0 aromatic carbocycles. The molecule has 1 aromatic heterocycles. The van der Waals surface area contributed by atoms with Crippen molar-refractivity contribution in [3.05, 3.63) is 11.8 Å². The molecule has 0 spiro atoms. The van der Waals surface area contributed by atoms with E-state index in [9.17, 15) is 13.2 Å². The van der Waals surface area contributed by atoms with Crippen molar-refractivity contribution in [3.63, 3.8) is 0 Å². The summed E-state index contributed by atoms with van der Waals surface area (Å²) in [5.41, 5.74) is -0.993. The molecule has 0 aliphatic carbocycles. The summed E-state index contributed by atoms with van der Waals surface area (Å²) < 4.78 is 43.2. The van der Waals surface area contributed by atoms with Crippen molar-refractivity contribution >= 4 is 11.8 Å². The molecular formula is C12H19F3N4O2. The van der Waals surface area contributed by atoms with Gasteiger partial charge in [-0.3, -0.25) is 0 Å². The maximum atomic E-state index is 12.7. The predicted octanol–water partition coefficient (Wildman–Crippen LogP) is 1.74. The Kier molecular flexibility index (Phi) is 7.17. The number of aliphatic hydroxyl groups excluding tert-OH is 1. The van der Waals surface area contributed by atoms with Gasteiger partial charge in [0.25, 0.3) is 0 Å². The largest absolute Gasteiger partial charge is 0.433 e. The molecule has 0 fully saturated rings. The van der Waals surface area contributed by atoms with Gasteiger partial charge >= 0.3 is 6.18 Å². The van der Waals surface area contributed by atoms with Crippen LogP contribution in [-0.4, -0.2) is 48.0 Å². The third kappa shape index (κ3) is 6.58. The van der Waals surface area contributed by atoms with E-state index in [4.69, 9.17) is 9.84 Å². The van der Waals surface area contributed by atoms with Gasteiger partial charge in [-0.1, -0.05) is 0 Å². The zero-order valence-corrected chi connectivity index (χ0v) is 11.7. The lowest BCUT2D eigenvalue weighted by molar-refractivity contribution is -0.141. The van der Waals surface area contributed by atoms with Crippen LogP contribution in [0.2, 0.25) is 0 Å². The Hall–Kier alpha value is -1.61. The van der Waals surface area contributed by atoms with E-state index >= 15 is 0 Å². The highest BCUT2D eigenvalue weighted by Gasteiger charge is 2.33. The first-order chi connectivity index (χ1) is 9.97. The Bertz CT molecular complexity index is 429. The fraction of sp³-hybridized carbons (Fsp3) is 0.667. The topological polar surface area (TPSA) is 79.3 Å². The zero-order chi connectivity index (χ0) is 15.7. The van der Waals surface area contributed by atoms with Crippen LogP contribution in [0.15, 0.2) is 6.07 Å². The van der Waals surface area contributed by atoms with Crippen LogP contribution in [0.5, 0.6) is 0 Å². The Morgan fingerprint density at radius 1 is 1.24 bits per heavy atom. The zero-order valence-electron chi connectivity index (χ0n) is 11.7. The number of hydrogen-bond donors (Lipinski definition) is 3. The van der Waals surface area contributed by atoms with Gasteiger partial charge in [-0.25, -0.2) is 4.98 Å². The van der Waals surface area contributed by atoms with E-state index in [1.54, 1.807) is 6.92 Å². The Morgan fingerprint density at radius 2 is 2.00 bits per heavy atom. The third-order valence-corrected chi connectivity index (χ3v) is 2.36. The molecule has 9 heteroatoms. The Labute approximate surface area is 120 Å². The molecule has 0 saturated carbocycles. The summed E-state index contributed by atoms with van der Waals surface area (Å²) in [6.45, 7) is 3.18. The maximum Gasteiger partial charge on any atom is 0.433 e. The summed E-state index contributed by atoms with van der Waals surface area (Å²) in [5.74, 6) is 0.0433. The van der Waals surface area contributed by atoms with Gasteiger partial charge in [0, 0.05) is 25.8 Å². The number of aromatic nitrogens is 2. The van der Waals surface area contributed by atoms with Crippen molar-refractivity contribution in [2.75, 3.05) is 43.5 Å². The molecule has 3 N–H and O–H groups in total. The van der Waals surface area contributed by atoms with Crippen LogP contribution in [0.1, 0.15) is 19.0 Å². The molecule has 120 valence electrons. The summed E-state index contributed by atoms with van der Waals surface area (Å²) in [7, 11) is 0. The van der Waals surface area contributed by atoms with Crippen LogP contribution < -0.4 is 10.6 Å². The number of aliphatic hydroxyl groups is 1. The molecule has 21 heavy (non-hydrogen) atoms. The molecule has 1 aromatic rings. The molecule has 1 heterocycles. The first-order valence-corrected chi connectivity index (χ1v) is 6.60. The number of halogens is 3. The number of rotatable bonds is 9. The van der Waals surface area contributed by atoms with E-state index in [1.807, 2.05) is 0 Å². The Morgan fingerprint density at radius 3 is 2.62 bits per heavy atom. The quantitative estimate of drug-likeness (QED) is 0.603. The van der Waals surface area contributed by atoms with Crippen molar-refractivity contribution in [1.29, 1.82) is 0 Å². The van der Waals surface area contributed by atoms with E-state index in [-0.39, 0.29) is 25.0 Å². The molecule has 0 bridgehead atoms. The van der Waals surface area contributed by atoms with Crippen molar-refractivity contribution in [2.24, 2.45) is 0 Å². The molecule has 6 nitrogen and oxygen atoms in total. The third-order valence-electron chi connectivity index (χ3n) is 2.36. The number of nitrogens with zero attached hydrogens (tertiary/aromatic N) is 2. The number of nitrogens with one attached hydrogen (secondary N) is 2. The lowest BCUT2D eigenvalue weighted by Gasteiger charge is -2.12. The second-order valence-corrected chi connectivity index (χ2v) is 4.11. The normalized spacial score (nSPS) is 11.5. The van der Waals surface area contributed by atoms with Gasteiger partial charge in [-0.05, 0) is 13.3 Å². The minimum atomic E-state index is -4.52. The molecule has 0 atom stereocenters. The lowest BCUT2D eigenvalue weighted by atomic mass is 10.3. The van der Waals surface area contributed by atoms with Crippen molar-refractivity contribution in [1.82, 2.24) is 9.97 Å². The number of anilines is 2. The molecular weight excluding hydrogens is 289 g/mol. The highest BCUT2D eigenvalue weighted by atomic mass is 19.4. The second-order valence-electron chi connectivity index (χ2n) is 4.11. The monoisotopic (exact) mass is 308 g/mol. The molecule has 0 aliphatic rings. The summed E-state index contributed by atoms with van der Waals surface area (Å²) in [4.78, 5) is 7.38. The lowest BCUT2D eigenvalue weighted by Crippen LogP contribution is -2.15. The summed E-state index contributed by atoms with van der Waals surface area (Å²) in [6, 6.07) is 0.870. The summed E-state index contributed by atoms with van der Waals surface area (Å²) in [6.07, 6.45) is -3.93. The van der Waals surface area contributed by atoms with E-state index in [0.29, 0.717) is 26.1 Å². The summed E-state index contributed by atoms with van der Waals surface area (Å²) >= 11 is 0. The maximum absolute atomic E-state index is 12.7. The standard InChI is InChI=1S/C12H19F3N4O2/c1-2-16-11-18-9(12(13,14)15)8-10(19-11)17-4-3-6-21-7-5-20/h8,20H,2-7H2,1H3,(H2,16,17,18,19). The predicted molar refractivity (Wildman–Crippen MR) is 72.2 cm³/mol. The van der Waals surface area contributed by atoms with Crippen molar-refractivity contribution in [2.45, 2.75) is 19.5 Å². The highest BCUT2D eigenvalue weighted by Crippen LogP contribution is 2.29. The van der Waals surface area contributed by atoms with Gasteiger partial charge in [0.1, 0.15) is 5.82 Å². The van der Waals surface area contributed by atoms with Gasteiger partial charge in [-0.15, -0.1) is 0 Å². The van der Waals surface area contributed by atoms with Crippen LogP contribution in [0.3, 0.4) is 0 Å². The van der Waals surface area contributed by atoms with Crippen LogP contribution in [0.4, 0.5) is 24.9 Å². The molecule has 0 aliphatic heterocycles. The minimum absolute atomic E-state index is 0.0552. The molecule has 0 saturated heterocycles. The van der Waals surface area contributed by atoms with E-state index in [2.05, 4.69) is 20.6 Å². The van der Waals surface area contributed by atoms with Gasteiger partial charge < -0.3 is 20.5 Å². The minimum Gasteiger partial charge on any atom is -0.394 e. The highest BCUT2D eigenvalue weighted by molar-refractivity contribution is 5.43. The molecule has 0 radical (unpaired) electrons. The Balaban J connectivity index is 2.61. The average molecular weight is 308 g/mol. The van der Waals surface area contributed by atoms with Crippen LogP contribution in [0, 0.1) is 0 Å². The first kappa shape index (κ1) is 17.4. The molecule has 0 unspecified atom stereocenters. The van der Waals surface area contributed by atoms with Crippen molar-refractivity contribution in [3.8, 4) is 0 Å². The van der Waals surface area contributed by atoms with Crippen molar-refractivity contribution < 1.29 is 23.0 Å². The van der Waals surface area contributed by atoms with E-state index in [1.165, 1.54) is 0 Å². The number of hydrogen-bond acceptors (Lipinski definition) is 6. The fourth-order valence-corrected chi connectivity index (χ4v) is 1.48. The van der Waals surface area contributed by atoms with Gasteiger partial charge in [-0.2, -0.15) is 18.2 Å². The average Bonchev–Trinajstić information content (AvgIpc) is 2.42. The van der Waals surface area contributed by atoms with Gasteiger partial charge in [0.05, 0.1) is 13.2 Å². The fourth-order valence-electron chi connectivity index (χ4n) is 1.48. The van der Waals surface area contributed by atoms with Crippen LogP contribution >= 0.6 is 0 Å². The smallest absolute Gasteiger partial charge is 0.394 e. The number of alkyl halides is 3. The van der Waals surface area contributed by atoms with Gasteiger partial charge in [0.2, 0.25) is 5.95 Å². The van der Waals surface area contributed by atoms with Crippen LogP contribution in [-0.2, 0) is 10.9 Å². The SMILES string of the molecule is CCNc1nc(NCCCOCCO)cc(C(F)(F)F)n1. The molecule has 1 rings (SSSR count). The van der Waals surface area contributed by atoms with E-state index < -0.39 is 11.9 Å². The van der Waals surface area contributed by atoms with E-state index in [0.717, 1.165) is 6.07 Å². The molecule has 0 amide bonds. The second kappa shape index (κ2) is 8.63. The van der Waals surface area contributed by atoms with Crippen LogP contribution in [0.25, 0.3) is 0 Å². The summed E-state index contributed by atoms with van der Waals surface area (Å²) in [5, 5.41) is 14.0. The number of ether oxygens (including phenoxy) is 1. The van der Waals surface area contributed by atoms with Gasteiger partial charge in [0.15, 0.2) is 5.69 Å².